The molecule has 0 aromatic heterocycles. The number of rotatable bonds is 8. The number of carbonyl (C=O) groups excluding carboxylic acids is 4. The minimum atomic E-state index is -0.815. The van der Waals surface area contributed by atoms with Crippen LogP contribution in [0.5, 0.6) is 5.75 Å². The second-order valence-corrected chi connectivity index (χ2v) is 7.37. The van der Waals surface area contributed by atoms with Crippen LogP contribution in [0.4, 0.5) is 16.2 Å². The first-order valence-corrected chi connectivity index (χ1v) is 10.9. The molecule has 3 aromatic carbocycles. The van der Waals surface area contributed by atoms with Crippen molar-refractivity contribution in [3.63, 3.8) is 0 Å². The highest BCUT2D eigenvalue weighted by atomic mass is 16.7. The maximum absolute atomic E-state index is 12.8. The van der Waals surface area contributed by atoms with Gasteiger partial charge in [0.1, 0.15) is 5.75 Å². The normalized spacial score (nSPS) is 10.1. The molecule has 9 heteroatoms. The van der Waals surface area contributed by atoms with Crippen molar-refractivity contribution in [1.29, 1.82) is 0 Å². The van der Waals surface area contributed by atoms with Crippen LogP contribution >= 0.6 is 0 Å². The molecule has 9 nitrogen and oxygen atoms in total. The number of amides is 3. The Balaban J connectivity index is 1.62. The summed E-state index contributed by atoms with van der Waals surface area (Å²) < 4.78 is 9.69. The summed E-state index contributed by atoms with van der Waals surface area (Å²) in [5.74, 6) is -0.662. The third kappa shape index (κ3) is 7.43. The average molecular weight is 476 g/mol. The maximum Gasteiger partial charge on any atom is 0.513 e. The number of para-hydroxylation sites is 1. The Kier molecular flexibility index (Phi) is 8.55. The first-order chi connectivity index (χ1) is 16.9. The van der Waals surface area contributed by atoms with Crippen molar-refractivity contribution in [2.45, 2.75) is 20.4 Å². The number of carbonyl (C=O) groups is 4. The Hall–Kier alpha value is -4.66. The highest BCUT2D eigenvalue weighted by Crippen LogP contribution is 2.18. The number of hydrogen-bond donors (Lipinski definition) is 3. The van der Waals surface area contributed by atoms with E-state index in [9.17, 15) is 19.2 Å². The van der Waals surface area contributed by atoms with E-state index in [1.54, 1.807) is 55.5 Å². The molecule has 0 saturated carbocycles. The van der Waals surface area contributed by atoms with Gasteiger partial charge in [0.25, 0.3) is 11.8 Å². The average Bonchev–Trinajstić information content (AvgIpc) is 2.83. The molecule has 0 aliphatic carbocycles. The largest absolute Gasteiger partial charge is 0.513 e. The van der Waals surface area contributed by atoms with Crippen LogP contribution in [0.15, 0.2) is 72.8 Å². The molecule has 180 valence electrons. The molecule has 3 amide bonds. The molecule has 3 aromatic rings. The Bertz CT molecular complexity index is 1220. The van der Waals surface area contributed by atoms with Crippen LogP contribution in [0.2, 0.25) is 0 Å². The zero-order valence-electron chi connectivity index (χ0n) is 19.3. The summed E-state index contributed by atoms with van der Waals surface area (Å²) in [5.41, 5.74) is 2.51. The minimum absolute atomic E-state index is 0.169. The van der Waals surface area contributed by atoms with Gasteiger partial charge < -0.3 is 25.4 Å². The van der Waals surface area contributed by atoms with Crippen molar-refractivity contribution in [3.05, 3.63) is 89.5 Å². The molecule has 0 fully saturated rings. The lowest BCUT2D eigenvalue weighted by atomic mass is 10.1. The molecule has 0 radical (unpaired) electrons. The first kappa shape index (κ1) is 25.0. The van der Waals surface area contributed by atoms with Crippen LogP contribution in [0.3, 0.4) is 0 Å². The van der Waals surface area contributed by atoms with E-state index in [4.69, 9.17) is 9.47 Å². The fourth-order valence-corrected chi connectivity index (χ4v) is 3.13. The molecule has 35 heavy (non-hydrogen) atoms. The van der Waals surface area contributed by atoms with Crippen LogP contribution in [0.25, 0.3) is 0 Å². The number of benzene rings is 3. The van der Waals surface area contributed by atoms with Gasteiger partial charge in [0.05, 0.1) is 6.61 Å². The van der Waals surface area contributed by atoms with Gasteiger partial charge in [-0.15, -0.1) is 0 Å². The van der Waals surface area contributed by atoms with Gasteiger partial charge in [0.2, 0.25) is 5.91 Å². The SMILES string of the molecule is CCOC(=O)Oc1ccc(C(=O)NCc2ccccc2NC(=O)c2cccc(NC(C)=O)c2)cc1. The summed E-state index contributed by atoms with van der Waals surface area (Å²) in [6.07, 6.45) is -0.815. The van der Waals surface area contributed by atoms with Gasteiger partial charge in [-0.3, -0.25) is 14.4 Å². The monoisotopic (exact) mass is 475 g/mol. The number of hydrogen-bond acceptors (Lipinski definition) is 6. The number of anilines is 2. The van der Waals surface area contributed by atoms with E-state index in [0.29, 0.717) is 28.1 Å². The molecule has 0 aliphatic rings. The third-order valence-electron chi connectivity index (χ3n) is 4.73. The number of ether oxygens (including phenoxy) is 2. The van der Waals surface area contributed by atoms with Crippen molar-refractivity contribution in [2.75, 3.05) is 17.2 Å². The van der Waals surface area contributed by atoms with E-state index in [2.05, 4.69) is 16.0 Å². The summed E-state index contributed by atoms with van der Waals surface area (Å²) in [6.45, 7) is 3.43. The summed E-state index contributed by atoms with van der Waals surface area (Å²) >= 11 is 0. The molecule has 0 saturated heterocycles. The smallest absolute Gasteiger partial charge is 0.434 e. The van der Waals surface area contributed by atoms with E-state index in [1.807, 2.05) is 0 Å². The zero-order valence-corrected chi connectivity index (χ0v) is 19.3. The van der Waals surface area contributed by atoms with E-state index in [-0.39, 0.29) is 36.6 Å². The van der Waals surface area contributed by atoms with E-state index in [1.165, 1.54) is 31.2 Å². The Morgan fingerprint density at radius 2 is 1.54 bits per heavy atom. The van der Waals surface area contributed by atoms with Gasteiger partial charge in [-0.05, 0) is 61.0 Å². The predicted molar refractivity (Wildman–Crippen MR) is 130 cm³/mol. The van der Waals surface area contributed by atoms with Gasteiger partial charge >= 0.3 is 6.16 Å². The first-order valence-electron chi connectivity index (χ1n) is 10.9. The predicted octanol–water partition coefficient (Wildman–Crippen LogP) is 4.36. The van der Waals surface area contributed by atoms with Crippen LogP contribution in [-0.4, -0.2) is 30.5 Å². The fraction of sp³-hybridized carbons (Fsp3) is 0.154. The Morgan fingerprint density at radius 3 is 2.26 bits per heavy atom. The lowest BCUT2D eigenvalue weighted by Crippen LogP contribution is -2.24. The van der Waals surface area contributed by atoms with E-state index in [0.717, 1.165) is 0 Å². The molecule has 0 unspecified atom stereocenters. The van der Waals surface area contributed by atoms with Crippen LogP contribution in [0, 0.1) is 0 Å². The van der Waals surface area contributed by atoms with Crippen LogP contribution in [0.1, 0.15) is 40.1 Å². The topological polar surface area (TPSA) is 123 Å². The van der Waals surface area contributed by atoms with Crippen molar-refractivity contribution in [2.24, 2.45) is 0 Å². The molecule has 3 rings (SSSR count). The quantitative estimate of drug-likeness (QED) is 0.329. The molecule has 0 atom stereocenters. The van der Waals surface area contributed by atoms with E-state index >= 15 is 0 Å². The lowest BCUT2D eigenvalue weighted by Gasteiger charge is -2.13. The molecular formula is C26H25N3O6. The van der Waals surface area contributed by atoms with Crippen LogP contribution < -0.4 is 20.7 Å². The highest BCUT2D eigenvalue weighted by molar-refractivity contribution is 6.05. The Morgan fingerprint density at radius 1 is 0.800 bits per heavy atom. The summed E-state index contributed by atoms with van der Waals surface area (Å²) in [4.78, 5) is 48.0. The molecule has 0 aliphatic heterocycles. The van der Waals surface area contributed by atoms with Gasteiger partial charge in [-0.1, -0.05) is 24.3 Å². The van der Waals surface area contributed by atoms with Gasteiger partial charge in [-0.2, -0.15) is 0 Å². The van der Waals surface area contributed by atoms with Gasteiger partial charge in [0, 0.05) is 36.0 Å². The van der Waals surface area contributed by atoms with Crippen molar-refractivity contribution in [3.8, 4) is 5.75 Å². The zero-order chi connectivity index (χ0) is 25.2. The van der Waals surface area contributed by atoms with Gasteiger partial charge in [-0.25, -0.2) is 4.79 Å². The second-order valence-electron chi connectivity index (χ2n) is 7.37. The van der Waals surface area contributed by atoms with Gasteiger partial charge in [0.15, 0.2) is 0 Å². The van der Waals surface area contributed by atoms with E-state index < -0.39 is 6.16 Å². The molecule has 0 spiro atoms. The second kappa shape index (κ2) is 12.0. The standard InChI is InChI=1S/C26H25N3O6/c1-3-34-26(33)35-22-13-11-18(12-14-22)24(31)27-16-20-7-4-5-10-23(20)29-25(32)19-8-6-9-21(15-19)28-17(2)30/h4-15H,3,16H2,1-2H3,(H,27,31)(H,28,30)(H,29,32). The molecular weight excluding hydrogens is 450 g/mol. The minimum Gasteiger partial charge on any atom is -0.434 e. The van der Waals surface area contributed by atoms with Crippen LogP contribution in [-0.2, 0) is 16.1 Å². The summed E-state index contributed by atoms with van der Waals surface area (Å²) in [6, 6.07) is 19.7. The Labute approximate surface area is 202 Å². The van der Waals surface area contributed by atoms with Crippen molar-refractivity contribution < 1.29 is 28.7 Å². The molecule has 0 heterocycles. The lowest BCUT2D eigenvalue weighted by molar-refractivity contribution is -0.114. The summed E-state index contributed by atoms with van der Waals surface area (Å²) in [5, 5.41) is 8.30. The highest BCUT2D eigenvalue weighted by Gasteiger charge is 2.12. The summed E-state index contributed by atoms with van der Waals surface area (Å²) in [7, 11) is 0. The maximum atomic E-state index is 12.8. The third-order valence-corrected chi connectivity index (χ3v) is 4.73. The van der Waals surface area contributed by atoms with Crippen molar-refractivity contribution >= 4 is 35.3 Å². The molecule has 0 bridgehead atoms. The number of nitrogens with one attached hydrogen (secondary N) is 3. The van der Waals surface area contributed by atoms with Crippen molar-refractivity contribution in [1.82, 2.24) is 5.32 Å². The molecule has 3 N–H and O–H groups in total. The fourth-order valence-electron chi connectivity index (χ4n) is 3.13.